The molecule has 0 saturated carbocycles. The highest BCUT2D eigenvalue weighted by Gasteiger charge is 2.39. The fourth-order valence-corrected chi connectivity index (χ4v) is 2.93. The molecule has 120 valence electrons. The number of carbonyl (C=O) groups is 1. The van der Waals surface area contributed by atoms with Gasteiger partial charge in [-0.25, -0.2) is 0 Å². The summed E-state index contributed by atoms with van der Waals surface area (Å²) < 4.78 is 17.2. The smallest absolute Gasteiger partial charge is 0.226 e. The van der Waals surface area contributed by atoms with E-state index in [1.54, 1.807) is 0 Å². The molecule has 1 amide bonds. The van der Waals surface area contributed by atoms with Crippen LogP contribution in [0, 0.1) is 0 Å². The highest BCUT2D eigenvalue weighted by molar-refractivity contribution is 5.76. The number of benzene rings is 1. The van der Waals surface area contributed by atoms with Gasteiger partial charge in [0.1, 0.15) is 5.75 Å². The summed E-state index contributed by atoms with van der Waals surface area (Å²) in [6.07, 6.45) is 2.89. The van der Waals surface area contributed by atoms with Crippen molar-refractivity contribution in [1.82, 2.24) is 4.90 Å². The number of rotatable bonds is 4. The quantitative estimate of drug-likeness (QED) is 0.856. The molecule has 0 radical (unpaired) electrons. The molecule has 0 unspecified atom stereocenters. The van der Waals surface area contributed by atoms with Crippen LogP contribution in [0.2, 0.25) is 0 Å². The van der Waals surface area contributed by atoms with E-state index >= 15 is 0 Å². The molecule has 22 heavy (non-hydrogen) atoms. The van der Waals surface area contributed by atoms with Gasteiger partial charge in [-0.1, -0.05) is 18.2 Å². The maximum absolute atomic E-state index is 12.2. The van der Waals surface area contributed by atoms with Crippen molar-refractivity contribution in [2.24, 2.45) is 0 Å². The zero-order valence-corrected chi connectivity index (χ0v) is 12.8. The summed E-state index contributed by atoms with van der Waals surface area (Å²) in [4.78, 5) is 14.1. The van der Waals surface area contributed by atoms with Crippen molar-refractivity contribution in [2.45, 2.75) is 31.5 Å². The molecule has 5 heteroatoms. The maximum atomic E-state index is 12.2. The van der Waals surface area contributed by atoms with Crippen LogP contribution in [0.1, 0.15) is 25.7 Å². The Morgan fingerprint density at radius 3 is 2.50 bits per heavy atom. The minimum Gasteiger partial charge on any atom is -0.493 e. The van der Waals surface area contributed by atoms with Gasteiger partial charge < -0.3 is 19.1 Å². The zero-order chi connectivity index (χ0) is 15.3. The van der Waals surface area contributed by atoms with Crippen molar-refractivity contribution in [2.75, 3.05) is 32.9 Å². The molecule has 1 aromatic rings. The molecule has 3 rings (SSSR count). The van der Waals surface area contributed by atoms with Crippen molar-refractivity contribution in [3.63, 3.8) is 0 Å². The first-order valence-corrected chi connectivity index (χ1v) is 8.01. The Labute approximate surface area is 131 Å². The summed E-state index contributed by atoms with van der Waals surface area (Å²) in [5.41, 5.74) is 0. The molecule has 1 aromatic carbocycles. The van der Waals surface area contributed by atoms with Crippen LogP contribution in [0.3, 0.4) is 0 Å². The van der Waals surface area contributed by atoms with Gasteiger partial charge in [0.25, 0.3) is 0 Å². The minimum atomic E-state index is -0.435. The predicted molar refractivity (Wildman–Crippen MR) is 81.6 cm³/mol. The lowest BCUT2D eigenvalue weighted by molar-refractivity contribution is -0.282. The van der Waals surface area contributed by atoms with E-state index in [9.17, 15) is 4.79 Å². The van der Waals surface area contributed by atoms with Gasteiger partial charge in [0.15, 0.2) is 5.79 Å². The van der Waals surface area contributed by atoms with Crippen LogP contribution in [-0.2, 0) is 14.3 Å². The van der Waals surface area contributed by atoms with E-state index in [1.165, 1.54) is 0 Å². The standard InChI is InChI=1S/C17H23NO4/c19-16(7-14-20-15-5-2-1-3-6-15)18-10-8-17(9-11-18)21-12-4-13-22-17/h1-3,5-6H,4,7-14H2. The second kappa shape index (κ2) is 7.11. The summed E-state index contributed by atoms with van der Waals surface area (Å²) in [6, 6.07) is 9.58. The second-order valence-electron chi connectivity index (χ2n) is 5.75. The topological polar surface area (TPSA) is 48.0 Å². The molecule has 0 N–H and O–H groups in total. The van der Waals surface area contributed by atoms with Crippen LogP contribution in [0.15, 0.2) is 30.3 Å². The van der Waals surface area contributed by atoms with Crippen LogP contribution in [0.4, 0.5) is 0 Å². The number of para-hydroxylation sites is 1. The number of likely N-dealkylation sites (tertiary alicyclic amines) is 1. The molecular formula is C17H23NO4. The van der Waals surface area contributed by atoms with E-state index < -0.39 is 5.79 Å². The van der Waals surface area contributed by atoms with Crippen LogP contribution in [0.5, 0.6) is 5.75 Å². The van der Waals surface area contributed by atoms with Crippen molar-refractivity contribution in [3.05, 3.63) is 30.3 Å². The van der Waals surface area contributed by atoms with Gasteiger partial charge in [-0.3, -0.25) is 4.79 Å². The molecule has 2 heterocycles. The number of hydrogen-bond donors (Lipinski definition) is 0. The number of hydrogen-bond acceptors (Lipinski definition) is 4. The number of carbonyl (C=O) groups excluding carboxylic acids is 1. The monoisotopic (exact) mass is 305 g/mol. The van der Waals surface area contributed by atoms with Crippen LogP contribution < -0.4 is 4.74 Å². The van der Waals surface area contributed by atoms with E-state index in [-0.39, 0.29) is 5.91 Å². The second-order valence-corrected chi connectivity index (χ2v) is 5.75. The Morgan fingerprint density at radius 2 is 1.82 bits per heavy atom. The van der Waals surface area contributed by atoms with Gasteiger partial charge in [-0.2, -0.15) is 0 Å². The summed E-state index contributed by atoms with van der Waals surface area (Å²) >= 11 is 0. The molecule has 1 spiro atoms. The molecule has 2 saturated heterocycles. The van der Waals surface area contributed by atoms with Crippen molar-refractivity contribution in [1.29, 1.82) is 0 Å². The molecule has 0 aromatic heterocycles. The van der Waals surface area contributed by atoms with Gasteiger partial charge in [-0.05, 0) is 18.6 Å². The van der Waals surface area contributed by atoms with E-state index in [1.807, 2.05) is 35.2 Å². The highest BCUT2D eigenvalue weighted by Crippen LogP contribution is 2.30. The molecular weight excluding hydrogens is 282 g/mol. The van der Waals surface area contributed by atoms with Crippen molar-refractivity contribution >= 4 is 5.91 Å². The largest absolute Gasteiger partial charge is 0.493 e. The van der Waals surface area contributed by atoms with Gasteiger partial charge in [0.05, 0.1) is 26.2 Å². The lowest BCUT2D eigenvalue weighted by Gasteiger charge is -2.43. The number of ether oxygens (including phenoxy) is 3. The van der Waals surface area contributed by atoms with Crippen LogP contribution >= 0.6 is 0 Å². The van der Waals surface area contributed by atoms with E-state index in [0.717, 1.165) is 38.2 Å². The third-order valence-corrected chi connectivity index (χ3v) is 4.22. The molecule has 2 aliphatic heterocycles. The maximum Gasteiger partial charge on any atom is 0.226 e. The fourth-order valence-electron chi connectivity index (χ4n) is 2.93. The van der Waals surface area contributed by atoms with Gasteiger partial charge in [0.2, 0.25) is 5.91 Å². The van der Waals surface area contributed by atoms with Crippen molar-refractivity contribution in [3.8, 4) is 5.75 Å². The van der Waals surface area contributed by atoms with E-state index in [0.29, 0.717) is 26.1 Å². The number of piperidine rings is 1. The zero-order valence-electron chi connectivity index (χ0n) is 12.8. The summed E-state index contributed by atoms with van der Waals surface area (Å²) in [6.45, 7) is 3.34. The summed E-state index contributed by atoms with van der Waals surface area (Å²) in [5, 5.41) is 0. The highest BCUT2D eigenvalue weighted by atomic mass is 16.7. The fraction of sp³-hybridized carbons (Fsp3) is 0.588. The molecule has 0 atom stereocenters. The first-order valence-electron chi connectivity index (χ1n) is 8.01. The Hall–Kier alpha value is -1.59. The van der Waals surface area contributed by atoms with Gasteiger partial charge in [-0.15, -0.1) is 0 Å². The minimum absolute atomic E-state index is 0.140. The van der Waals surface area contributed by atoms with E-state index in [2.05, 4.69) is 0 Å². The Morgan fingerprint density at radius 1 is 1.14 bits per heavy atom. The van der Waals surface area contributed by atoms with Crippen molar-refractivity contribution < 1.29 is 19.0 Å². The first-order chi connectivity index (χ1) is 10.8. The Kier molecular flexibility index (Phi) is 4.95. The lowest BCUT2D eigenvalue weighted by atomic mass is 10.0. The molecule has 2 fully saturated rings. The lowest BCUT2D eigenvalue weighted by Crippen LogP contribution is -2.51. The normalized spacial score (nSPS) is 20.8. The molecule has 0 aliphatic carbocycles. The molecule has 0 bridgehead atoms. The predicted octanol–water partition coefficient (Wildman–Crippen LogP) is 2.21. The van der Waals surface area contributed by atoms with E-state index in [4.69, 9.17) is 14.2 Å². The Bertz CT molecular complexity index is 475. The third-order valence-electron chi connectivity index (χ3n) is 4.22. The number of nitrogens with zero attached hydrogens (tertiary/aromatic N) is 1. The average Bonchev–Trinajstić information content (AvgIpc) is 2.57. The average molecular weight is 305 g/mol. The third kappa shape index (κ3) is 3.78. The molecule has 5 nitrogen and oxygen atoms in total. The van der Waals surface area contributed by atoms with Crippen LogP contribution in [-0.4, -0.2) is 49.5 Å². The number of amides is 1. The Balaban J connectivity index is 1.40. The first kappa shape index (κ1) is 15.3. The summed E-state index contributed by atoms with van der Waals surface area (Å²) in [5.74, 6) is 0.508. The van der Waals surface area contributed by atoms with Gasteiger partial charge >= 0.3 is 0 Å². The van der Waals surface area contributed by atoms with Gasteiger partial charge in [0, 0.05) is 25.9 Å². The summed E-state index contributed by atoms with van der Waals surface area (Å²) in [7, 11) is 0. The molecule has 2 aliphatic rings. The SMILES string of the molecule is O=C(CCOc1ccccc1)N1CCC2(CC1)OCCCO2. The van der Waals surface area contributed by atoms with Crippen LogP contribution in [0.25, 0.3) is 0 Å².